The first-order valence-electron chi connectivity index (χ1n) is 16.5. The zero-order chi connectivity index (χ0) is 36.9. The van der Waals surface area contributed by atoms with Crippen molar-refractivity contribution in [3.63, 3.8) is 0 Å². The Morgan fingerprint density at radius 1 is 0.808 bits per heavy atom. The van der Waals surface area contributed by atoms with Crippen molar-refractivity contribution in [1.82, 2.24) is 15.3 Å². The van der Waals surface area contributed by atoms with Crippen molar-refractivity contribution in [3.8, 4) is 28.7 Å². The van der Waals surface area contributed by atoms with Crippen molar-refractivity contribution in [3.05, 3.63) is 96.6 Å². The van der Waals surface area contributed by atoms with Crippen molar-refractivity contribution in [2.24, 2.45) is 0 Å². The topological polar surface area (TPSA) is 172 Å². The quantitative estimate of drug-likeness (QED) is 0.0283. The highest BCUT2D eigenvalue weighted by molar-refractivity contribution is 6.10. The van der Waals surface area contributed by atoms with Crippen molar-refractivity contribution in [2.75, 3.05) is 47.1 Å². The zero-order valence-electron chi connectivity index (χ0n) is 28.8. The minimum atomic E-state index is -1.03. The fourth-order valence-electron chi connectivity index (χ4n) is 5.46. The minimum Gasteiger partial charge on any atom is -0.493 e. The average Bonchev–Trinajstić information content (AvgIpc) is 3.54. The van der Waals surface area contributed by atoms with E-state index in [1.54, 1.807) is 37.5 Å². The minimum absolute atomic E-state index is 0.0415. The van der Waals surface area contributed by atoms with Gasteiger partial charge in [0.05, 0.1) is 44.8 Å². The number of aromatic nitrogens is 1. The van der Waals surface area contributed by atoms with Crippen LogP contribution in [0.4, 0.5) is 0 Å². The Labute approximate surface area is 299 Å². The lowest BCUT2D eigenvalue weighted by molar-refractivity contribution is -0.492. The average molecular weight is 716 g/mol. The Morgan fingerprint density at radius 3 is 2.33 bits per heavy atom. The third kappa shape index (κ3) is 10.2. The van der Waals surface area contributed by atoms with E-state index in [-0.39, 0.29) is 63.2 Å². The van der Waals surface area contributed by atoms with E-state index in [2.05, 4.69) is 9.82 Å². The number of hydrogen-bond acceptors (Lipinski definition) is 12. The molecule has 274 valence electrons. The van der Waals surface area contributed by atoms with Gasteiger partial charge in [0.15, 0.2) is 23.0 Å². The van der Waals surface area contributed by atoms with Crippen LogP contribution in [0.2, 0.25) is 0 Å². The number of carbonyl (C=O) groups excluding carboxylic acids is 2. The van der Waals surface area contributed by atoms with Gasteiger partial charge in [-0.1, -0.05) is 42.5 Å². The number of fused-ring (bicyclic) bond motifs is 3. The molecule has 14 heteroatoms. The zero-order valence-corrected chi connectivity index (χ0v) is 28.8. The molecule has 1 aromatic heterocycles. The summed E-state index contributed by atoms with van der Waals surface area (Å²) in [6, 6.07) is 25.6. The van der Waals surface area contributed by atoms with Crippen LogP contribution in [-0.4, -0.2) is 95.9 Å². The number of aromatic amines is 1. The van der Waals surface area contributed by atoms with Gasteiger partial charge in [-0.05, 0) is 60.5 Å². The number of rotatable bonds is 19. The molecule has 5 aromatic rings. The number of nitrogens with one attached hydrogen (secondary N) is 1. The molecule has 52 heavy (non-hydrogen) atoms. The van der Waals surface area contributed by atoms with E-state index < -0.39 is 17.5 Å². The molecule has 4 aromatic carbocycles. The maximum Gasteiger partial charge on any atom is 0.311 e. The maximum atomic E-state index is 13.6. The number of benzene rings is 4. The molecule has 0 bridgehead atoms. The number of aliphatic hydroxyl groups is 1. The summed E-state index contributed by atoms with van der Waals surface area (Å²) < 4.78 is 28.2. The number of amides is 1. The number of esters is 1. The SMILES string of the molecule is COc1ccccc1OCCN(CC(O)COc1cccc2[nH]c3ccccc3c12)C(=O)/C=C/c1ccc(OC(=O)CCCON(O)O)c(OC)c1. The van der Waals surface area contributed by atoms with Gasteiger partial charge in [0, 0.05) is 28.8 Å². The summed E-state index contributed by atoms with van der Waals surface area (Å²) in [6.07, 6.45) is 2.06. The molecular weight excluding hydrogens is 674 g/mol. The molecular formula is C38H41N3O11. The van der Waals surface area contributed by atoms with E-state index in [4.69, 9.17) is 34.1 Å². The van der Waals surface area contributed by atoms with E-state index in [1.807, 2.05) is 54.6 Å². The molecule has 0 aliphatic carbocycles. The summed E-state index contributed by atoms with van der Waals surface area (Å²) in [7, 11) is 2.96. The van der Waals surface area contributed by atoms with Crippen molar-refractivity contribution < 1.29 is 53.6 Å². The van der Waals surface area contributed by atoms with Crippen LogP contribution in [0, 0.1) is 0 Å². The second kappa shape index (κ2) is 18.6. The first-order chi connectivity index (χ1) is 25.2. The molecule has 1 atom stereocenters. The standard InChI is InChI=1S/C38H41N3O11/c1-47-31-12-5-6-13-32(31)49-22-20-40(24-27(42)25-50-34-14-7-11-30-38(34)28-9-3-4-10-29(28)39-30)36(43)19-17-26-16-18-33(35(23-26)48-2)52-37(44)15-8-21-51-41(45)46/h3-7,9-14,16-19,23,27,39,42,45-46H,8,15,20-22,24-25H2,1-2H3/b19-17+. The maximum absolute atomic E-state index is 13.6. The molecule has 0 aliphatic rings. The number of nitrogens with zero attached hydrogens (tertiary/aromatic N) is 2. The predicted octanol–water partition coefficient (Wildman–Crippen LogP) is 5.40. The highest BCUT2D eigenvalue weighted by atomic mass is 17.1. The highest BCUT2D eigenvalue weighted by Crippen LogP contribution is 2.33. The Hall–Kier alpha value is -5.64. The second-order valence-electron chi connectivity index (χ2n) is 11.5. The summed E-state index contributed by atoms with van der Waals surface area (Å²) in [5, 5.41) is 29.8. The van der Waals surface area contributed by atoms with Gasteiger partial charge in [-0.2, -0.15) is 0 Å². The van der Waals surface area contributed by atoms with E-state index in [0.717, 1.165) is 21.8 Å². The largest absolute Gasteiger partial charge is 0.493 e. The molecule has 0 saturated heterocycles. The number of methoxy groups -OCH3 is 2. The van der Waals surface area contributed by atoms with Crippen LogP contribution in [0.5, 0.6) is 28.7 Å². The van der Waals surface area contributed by atoms with Crippen molar-refractivity contribution in [2.45, 2.75) is 18.9 Å². The molecule has 0 radical (unpaired) electrons. The Morgan fingerprint density at radius 2 is 1.54 bits per heavy atom. The fourth-order valence-corrected chi connectivity index (χ4v) is 5.46. The third-order valence-electron chi connectivity index (χ3n) is 7.92. The molecule has 1 unspecified atom stereocenters. The first kappa shape index (κ1) is 37.6. The van der Waals surface area contributed by atoms with Crippen LogP contribution < -0.4 is 23.7 Å². The smallest absolute Gasteiger partial charge is 0.311 e. The van der Waals surface area contributed by atoms with Crippen LogP contribution in [0.25, 0.3) is 27.9 Å². The van der Waals surface area contributed by atoms with E-state index in [1.165, 1.54) is 24.2 Å². The highest BCUT2D eigenvalue weighted by Gasteiger charge is 2.19. The second-order valence-corrected chi connectivity index (χ2v) is 11.5. The third-order valence-corrected chi connectivity index (χ3v) is 7.92. The summed E-state index contributed by atoms with van der Waals surface area (Å²) >= 11 is 0. The molecule has 0 aliphatic heterocycles. The lowest BCUT2D eigenvalue weighted by Gasteiger charge is -2.25. The molecule has 0 fully saturated rings. The number of H-pyrrole nitrogens is 1. The van der Waals surface area contributed by atoms with Gasteiger partial charge < -0.3 is 38.7 Å². The Bertz CT molecular complexity index is 1980. The lowest BCUT2D eigenvalue weighted by atomic mass is 10.1. The van der Waals surface area contributed by atoms with Crippen LogP contribution in [0.3, 0.4) is 0 Å². The molecule has 4 N–H and O–H groups in total. The van der Waals surface area contributed by atoms with Crippen LogP contribution in [0.1, 0.15) is 18.4 Å². The normalized spacial score (nSPS) is 12.0. The van der Waals surface area contributed by atoms with Gasteiger partial charge in [0.25, 0.3) is 0 Å². The number of ether oxygens (including phenoxy) is 5. The van der Waals surface area contributed by atoms with Crippen molar-refractivity contribution >= 4 is 39.8 Å². The number of carbonyl (C=O) groups is 2. The van der Waals surface area contributed by atoms with Gasteiger partial charge in [0.1, 0.15) is 25.1 Å². The van der Waals surface area contributed by atoms with Gasteiger partial charge in [-0.3, -0.25) is 24.8 Å². The fraction of sp³-hybridized carbons (Fsp3) is 0.263. The van der Waals surface area contributed by atoms with Gasteiger partial charge in [0.2, 0.25) is 5.91 Å². The first-order valence-corrected chi connectivity index (χ1v) is 16.5. The number of para-hydroxylation sites is 3. The molecule has 1 amide bonds. The van der Waals surface area contributed by atoms with Crippen molar-refractivity contribution in [1.29, 1.82) is 0 Å². The summed E-state index contributed by atoms with van der Waals surface area (Å²) in [5.41, 5.74) is 2.48. The predicted molar refractivity (Wildman–Crippen MR) is 191 cm³/mol. The summed E-state index contributed by atoms with van der Waals surface area (Å²) in [4.78, 5) is 35.1. The van der Waals surface area contributed by atoms with Gasteiger partial charge >= 0.3 is 5.97 Å². The Kier molecular flexibility index (Phi) is 13.4. The molecule has 14 nitrogen and oxygen atoms in total. The van der Waals surface area contributed by atoms with Gasteiger partial charge in [-0.15, -0.1) is 0 Å². The number of aliphatic hydroxyl groups excluding tert-OH is 1. The molecule has 0 spiro atoms. The molecule has 5 rings (SSSR count). The Balaban J connectivity index is 1.25. The van der Waals surface area contributed by atoms with E-state index >= 15 is 0 Å². The summed E-state index contributed by atoms with van der Waals surface area (Å²) in [5.74, 6) is 1.16. The monoisotopic (exact) mass is 715 g/mol. The van der Waals surface area contributed by atoms with Crippen LogP contribution in [0.15, 0.2) is 91.0 Å². The van der Waals surface area contributed by atoms with Crippen LogP contribution in [-0.2, 0) is 14.4 Å². The summed E-state index contributed by atoms with van der Waals surface area (Å²) in [6.45, 7) is 0.0617. The van der Waals surface area contributed by atoms with Crippen LogP contribution >= 0.6 is 0 Å². The van der Waals surface area contributed by atoms with E-state index in [9.17, 15) is 14.7 Å². The van der Waals surface area contributed by atoms with E-state index in [0.29, 0.717) is 22.8 Å². The molecule has 0 saturated carbocycles. The van der Waals surface area contributed by atoms with Gasteiger partial charge in [-0.25, -0.2) is 0 Å². The number of hydrogen-bond donors (Lipinski definition) is 4. The lowest BCUT2D eigenvalue weighted by Crippen LogP contribution is -2.41. The molecule has 1 heterocycles.